The average Bonchev–Trinajstić information content (AvgIpc) is 2.44. The fourth-order valence-electron chi connectivity index (χ4n) is 1.43. The highest BCUT2D eigenvalue weighted by Gasteiger charge is 2.29. The van der Waals surface area contributed by atoms with E-state index >= 15 is 0 Å². The number of halogens is 3. The van der Waals surface area contributed by atoms with Crippen LogP contribution in [0.15, 0.2) is 29.2 Å². The lowest BCUT2D eigenvalue weighted by Crippen LogP contribution is -2.38. The van der Waals surface area contributed by atoms with Crippen LogP contribution in [0.2, 0.25) is 0 Å². The molecule has 0 unspecified atom stereocenters. The minimum Gasteiger partial charge on any atom is -0.383 e. The Hall–Kier alpha value is -1.74. The minimum absolute atomic E-state index is 0.0126. The maximum atomic E-state index is 12.2. The molecule has 0 aliphatic carbocycles. The summed E-state index contributed by atoms with van der Waals surface area (Å²) in [6, 6.07) is 4.94. The van der Waals surface area contributed by atoms with Crippen LogP contribution in [0, 0.1) is 0 Å². The van der Waals surface area contributed by atoms with Gasteiger partial charge in [-0.25, -0.2) is 0 Å². The summed E-state index contributed by atoms with van der Waals surface area (Å²) in [6.45, 7) is 0.466. The molecule has 1 aromatic carbocycles. The maximum Gasteiger partial charge on any atom is 0.446 e. The minimum atomic E-state index is -4.37. The van der Waals surface area contributed by atoms with Gasteiger partial charge in [-0.1, -0.05) is 0 Å². The molecular formula is C13H15F3N2O3S. The lowest BCUT2D eigenvalue weighted by atomic mass is 10.2. The molecule has 1 rings (SSSR count). The SMILES string of the molecule is COCCNC(=O)CNC(=O)c1ccc(SC(F)(F)F)cc1. The highest BCUT2D eigenvalue weighted by molar-refractivity contribution is 8.00. The van der Waals surface area contributed by atoms with E-state index in [1.165, 1.54) is 31.4 Å². The predicted molar refractivity (Wildman–Crippen MR) is 75.6 cm³/mol. The summed E-state index contributed by atoms with van der Waals surface area (Å²) >= 11 is -0.257. The Morgan fingerprint density at radius 2 is 1.82 bits per heavy atom. The predicted octanol–water partition coefficient (Wildman–Crippen LogP) is 1.79. The summed E-state index contributed by atoms with van der Waals surface area (Å²) in [5.74, 6) is -0.917. The van der Waals surface area contributed by atoms with E-state index in [1.54, 1.807) is 0 Å². The van der Waals surface area contributed by atoms with Gasteiger partial charge < -0.3 is 15.4 Å². The van der Waals surface area contributed by atoms with E-state index < -0.39 is 11.4 Å². The molecule has 0 bridgehead atoms. The molecule has 0 fully saturated rings. The number of benzene rings is 1. The Bertz CT molecular complexity index is 506. The van der Waals surface area contributed by atoms with Crippen LogP contribution in [0.3, 0.4) is 0 Å². The number of thioether (sulfide) groups is 1. The molecule has 1 aromatic rings. The van der Waals surface area contributed by atoms with Crippen molar-refractivity contribution in [3.05, 3.63) is 29.8 Å². The molecule has 0 atom stereocenters. The first-order valence-electron chi connectivity index (χ1n) is 6.21. The highest BCUT2D eigenvalue weighted by Crippen LogP contribution is 2.36. The van der Waals surface area contributed by atoms with E-state index in [1.807, 2.05) is 0 Å². The number of rotatable bonds is 7. The van der Waals surface area contributed by atoms with Gasteiger partial charge in [-0.3, -0.25) is 9.59 Å². The van der Waals surface area contributed by atoms with Gasteiger partial charge in [0.1, 0.15) is 0 Å². The molecule has 0 saturated carbocycles. The number of alkyl halides is 3. The Labute approximate surface area is 129 Å². The molecule has 9 heteroatoms. The smallest absolute Gasteiger partial charge is 0.383 e. The normalized spacial score (nSPS) is 11.1. The van der Waals surface area contributed by atoms with Crippen molar-refractivity contribution in [1.82, 2.24) is 10.6 Å². The summed E-state index contributed by atoms with van der Waals surface area (Å²) in [6.07, 6.45) is 0. The summed E-state index contributed by atoms with van der Waals surface area (Å²) in [5.41, 5.74) is -4.19. The second kappa shape index (κ2) is 8.64. The van der Waals surface area contributed by atoms with E-state index in [4.69, 9.17) is 4.74 Å². The van der Waals surface area contributed by atoms with Gasteiger partial charge in [-0.05, 0) is 36.0 Å². The summed E-state index contributed by atoms with van der Waals surface area (Å²) in [7, 11) is 1.49. The third kappa shape index (κ3) is 7.32. The fraction of sp³-hybridized carbons (Fsp3) is 0.385. The quantitative estimate of drug-likeness (QED) is 0.588. The second-order valence-electron chi connectivity index (χ2n) is 4.10. The van der Waals surface area contributed by atoms with Crippen molar-refractivity contribution < 1.29 is 27.5 Å². The molecule has 122 valence electrons. The van der Waals surface area contributed by atoms with Gasteiger partial charge in [0.2, 0.25) is 5.91 Å². The number of hydrogen-bond acceptors (Lipinski definition) is 4. The molecule has 0 saturated heterocycles. The molecule has 0 spiro atoms. The van der Waals surface area contributed by atoms with E-state index in [-0.39, 0.29) is 34.7 Å². The number of ether oxygens (including phenoxy) is 1. The van der Waals surface area contributed by atoms with Crippen LogP contribution in [0.4, 0.5) is 13.2 Å². The lowest BCUT2D eigenvalue weighted by Gasteiger charge is -2.08. The van der Waals surface area contributed by atoms with Gasteiger partial charge in [-0.2, -0.15) is 13.2 Å². The highest BCUT2D eigenvalue weighted by atomic mass is 32.2. The molecule has 2 N–H and O–H groups in total. The first kappa shape index (κ1) is 18.3. The molecule has 0 heterocycles. The lowest BCUT2D eigenvalue weighted by molar-refractivity contribution is -0.120. The van der Waals surface area contributed by atoms with E-state index in [0.717, 1.165) is 0 Å². The van der Waals surface area contributed by atoms with Crippen molar-refractivity contribution in [1.29, 1.82) is 0 Å². The molecular weight excluding hydrogens is 321 g/mol. The number of methoxy groups -OCH3 is 1. The van der Waals surface area contributed by atoms with Gasteiger partial charge >= 0.3 is 5.51 Å². The van der Waals surface area contributed by atoms with Crippen LogP contribution < -0.4 is 10.6 Å². The average molecular weight is 336 g/mol. The van der Waals surface area contributed by atoms with Crippen molar-refractivity contribution in [3.63, 3.8) is 0 Å². The first-order valence-corrected chi connectivity index (χ1v) is 7.03. The molecule has 22 heavy (non-hydrogen) atoms. The summed E-state index contributed by atoms with van der Waals surface area (Å²) in [5, 5.41) is 4.89. The Kier molecular flexibility index (Phi) is 7.19. The number of carbonyl (C=O) groups is 2. The van der Waals surface area contributed by atoms with Crippen molar-refractivity contribution >= 4 is 23.6 Å². The monoisotopic (exact) mass is 336 g/mol. The number of nitrogens with one attached hydrogen (secondary N) is 2. The van der Waals surface area contributed by atoms with E-state index in [0.29, 0.717) is 13.2 Å². The number of carbonyl (C=O) groups excluding carboxylic acids is 2. The van der Waals surface area contributed by atoms with Crippen molar-refractivity contribution in [2.45, 2.75) is 10.4 Å². The Morgan fingerprint density at radius 3 is 2.36 bits per heavy atom. The largest absolute Gasteiger partial charge is 0.446 e. The first-order chi connectivity index (χ1) is 10.3. The second-order valence-corrected chi connectivity index (χ2v) is 5.24. The molecule has 5 nitrogen and oxygen atoms in total. The zero-order chi connectivity index (χ0) is 16.6. The van der Waals surface area contributed by atoms with E-state index in [9.17, 15) is 22.8 Å². The third-order valence-corrected chi connectivity index (χ3v) is 3.13. The van der Waals surface area contributed by atoms with Crippen LogP contribution in [0.25, 0.3) is 0 Å². The molecule has 0 radical (unpaired) electrons. The van der Waals surface area contributed by atoms with Gasteiger partial charge in [0, 0.05) is 24.1 Å². The van der Waals surface area contributed by atoms with Crippen LogP contribution in [0.1, 0.15) is 10.4 Å². The molecule has 0 aliphatic rings. The van der Waals surface area contributed by atoms with Gasteiger partial charge in [0.15, 0.2) is 0 Å². The standard InChI is InChI=1S/C13H15F3N2O3S/c1-21-7-6-17-11(19)8-18-12(20)9-2-4-10(5-3-9)22-13(14,15)16/h2-5H,6-8H2,1H3,(H,17,19)(H,18,20). The zero-order valence-corrected chi connectivity index (χ0v) is 12.5. The number of amides is 2. The van der Waals surface area contributed by atoms with E-state index in [2.05, 4.69) is 10.6 Å². The van der Waals surface area contributed by atoms with Gasteiger partial charge in [0.25, 0.3) is 5.91 Å². The van der Waals surface area contributed by atoms with Crippen LogP contribution in [-0.4, -0.2) is 44.1 Å². The van der Waals surface area contributed by atoms with Gasteiger partial charge in [0.05, 0.1) is 13.2 Å². The summed E-state index contributed by atoms with van der Waals surface area (Å²) < 4.78 is 41.3. The van der Waals surface area contributed by atoms with Crippen LogP contribution in [-0.2, 0) is 9.53 Å². The summed E-state index contributed by atoms with van der Waals surface area (Å²) in [4.78, 5) is 23.1. The maximum absolute atomic E-state index is 12.2. The molecule has 0 aromatic heterocycles. The van der Waals surface area contributed by atoms with Crippen LogP contribution >= 0.6 is 11.8 Å². The zero-order valence-electron chi connectivity index (χ0n) is 11.7. The Balaban J connectivity index is 2.44. The van der Waals surface area contributed by atoms with Crippen molar-refractivity contribution in [2.75, 3.05) is 26.8 Å². The molecule has 0 aliphatic heterocycles. The number of hydrogen-bond donors (Lipinski definition) is 2. The third-order valence-electron chi connectivity index (χ3n) is 2.39. The fourth-order valence-corrected chi connectivity index (χ4v) is 1.97. The molecule has 2 amide bonds. The van der Waals surface area contributed by atoms with Crippen LogP contribution in [0.5, 0.6) is 0 Å². The van der Waals surface area contributed by atoms with Crippen molar-refractivity contribution in [3.8, 4) is 0 Å². The van der Waals surface area contributed by atoms with Gasteiger partial charge in [-0.15, -0.1) is 0 Å². The Morgan fingerprint density at radius 1 is 1.18 bits per heavy atom. The topological polar surface area (TPSA) is 67.4 Å². The van der Waals surface area contributed by atoms with Crippen molar-refractivity contribution in [2.24, 2.45) is 0 Å².